The van der Waals surface area contributed by atoms with E-state index < -0.39 is 5.97 Å². The second-order valence-corrected chi connectivity index (χ2v) is 5.07. The van der Waals surface area contributed by atoms with Crippen molar-refractivity contribution in [2.24, 2.45) is 5.92 Å². The van der Waals surface area contributed by atoms with Gasteiger partial charge in [0, 0.05) is 12.6 Å². The number of amides is 1. The van der Waals surface area contributed by atoms with Crippen molar-refractivity contribution in [1.82, 2.24) is 4.90 Å². The van der Waals surface area contributed by atoms with Crippen LogP contribution in [0.4, 0.5) is 0 Å². The molecule has 92 valence electrons. The van der Waals surface area contributed by atoms with Crippen molar-refractivity contribution in [3.63, 3.8) is 0 Å². The standard InChI is InChI=1S/C12H15NO4/c1-5(2)12(15)17-10-7-4-6-9(16-7)8(10)13(3)11(6)14/h6-10H,1,4H2,2-3H3. The summed E-state index contributed by atoms with van der Waals surface area (Å²) in [6, 6.07) is -0.116. The molecule has 5 heteroatoms. The Morgan fingerprint density at radius 1 is 1.59 bits per heavy atom. The van der Waals surface area contributed by atoms with Crippen LogP contribution in [0.5, 0.6) is 0 Å². The molecule has 5 nitrogen and oxygen atoms in total. The number of likely N-dealkylation sites (tertiary alicyclic amines) is 1. The van der Waals surface area contributed by atoms with Gasteiger partial charge in [0.15, 0.2) is 6.10 Å². The second kappa shape index (κ2) is 3.32. The van der Waals surface area contributed by atoms with Crippen molar-refractivity contribution in [2.75, 3.05) is 7.05 Å². The van der Waals surface area contributed by atoms with Crippen molar-refractivity contribution in [3.8, 4) is 0 Å². The Bertz CT molecular complexity index is 419. The summed E-state index contributed by atoms with van der Waals surface area (Å²) in [5, 5.41) is 0. The molecule has 0 aliphatic carbocycles. The van der Waals surface area contributed by atoms with Gasteiger partial charge in [0.2, 0.25) is 5.91 Å². The van der Waals surface area contributed by atoms with E-state index in [2.05, 4.69) is 6.58 Å². The third-order valence-electron chi connectivity index (χ3n) is 3.96. The molecule has 2 bridgehead atoms. The number of likely N-dealkylation sites (N-methyl/N-ethyl adjacent to an activating group) is 1. The average molecular weight is 237 g/mol. The minimum absolute atomic E-state index is 0.0326. The molecule has 0 aromatic carbocycles. The predicted molar refractivity (Wildman–Crippen MR) is 58.0 cm³/mol. The zero-order valence-corrected chi connectivity index (χ0v) is 9.88. The number of carbonyl (C=O) groups excluding carboxylic acids is 2. The lowest BCUT2D eigenvalue weighted by Crippen LogP contribution is -2.45. The van der Waals surface area contributed by atoms with E-state index in [9.17, 15) is 9.59 Å². The number of hydrogen-bond acceptors (Lipinski definition) is 4. The Morgan fingerprint density at radius 2 is 2.29 bits per heavy atom. The zero-order valence-electron chi connectivity index (χ0n) is 9.88. The Hall–Kier alpha value is -1.36. The normalized spacial score (nSPS) is 42.1. The van der Waals surface area contributed by atoms with Crippen molar-refractivity contribution < 1.29 is 19.1 Å². The van der Waals surface area contributed by atoms with E-state index in [1.807, 2.05) is 0 Å². The molecule has 3 fully saturated rings. The number of fused-ring (bicyclic) bond motifs is 1. The molecule has 3 rings (SSSR count). The summed E-state index contributed by atoms with van der Waals surface area (Å²) in [6.07, 6.45) is 0.0999. The third kappa shape index (κ3) is 1.29. The number of hydrogen-bond donors (Lipinski definition) is 0. The van der Waals surface area contributed by atoms with E-state index in [1.165, 1.54) is 0 Å². The number of nitrogens with zero attached hydrogens (tertiary/aromatic N) is 1. The van der Waals surface area contributed by atoms with Gasteiger partial charge in [-0.1, -0.05) is 6.58 Å². The van der Waals surface area contributed by atoms with Crippen LogP contribution < -0.4 is 0 Å². The summed E-state index contributed by atoms with van der Waals surface area (Å²) in [5.41, 5.74) is 0.372. The van der Waals surface area contributed by atoms with Gasteiger partial charge in [-0.25, -0.2) is 4.79 Å². The van der Waals surface area contributed by atoms with Crippen LogP contribution in [0, 0.1) is 5.92 Å². The number of esters is 1. The smallest absolute Gasteiger partial charge is 0.333 e. The Kier molecular flexibility index (Phi) is 2.10. The monoisotopic (exact) mass is 237 g/mol. The highest BCUT2D eigenvalue weighted by Gasteiger charge is 2.65. The first-order chi connectivity index (χ1) is 8.00. The van der Waals surface area contributed by atoms with Gasteiger partial charge >= 0.3 is 5.97 Å². The van der Waals surface area contributed by atoms with Crippen LogP contribution in [-0.2, 0) is 19.1 Å². The molecule has 17 heavy (non-hydrogen) atoms. The fourth-order valence-corrected chi connectivity index (χ4v) is 3.13. The molecule has 0 saturated carbocycles. The van der Waals surface area contributed by atoms with Crippen molar-refractivity contribution in [3.05, 3.63) is 12.2 Å². The molecule has 3 aliphatic heterocycles. The highest BCUT2D eigenvalue weighted by molar-refractivity contribution is 5.88. The number of carbonyl (C=O) groups is 2. The Balaban J connectivity index is 1.82. The van der Waals surface area contributed by atoms with Gasteiger partial charge < -0.3 is 14.4 Å². The topological polar surface area (TPSA) is 55.8 Å². The van der Waals surface area contributed by atoms with Crippen LogP contribution in [0.25, 0.3) is 0 Å². The molecule has 0 aromatic rings. The summed E-state index contributed by atoms with van der Waals surface area (Å²) >= 11 is 0. The van der Waals surface area contributed by atoms with E-state index in [0.717, 1.165) is 0 Å². The molecule has 5 unspecified atom stereocenters. The van der Waals surface area contributed by atoms with Crippen LogP contribution >= 0.6 is 0 Å². The Morgan fingerprint density at radius 3 is 2.94 bits per heavy atom. The molecule has 0 aromatic heterocycles. The quantitative estimate of drug-likeness (QED) is 0.505. The van der Waals surface area contributed by atoms with E-state index in [4.69, 9.17) is 9.47 Å². The van der Waals surface area contributed by atoms with Gasteiger partial charge in [0.05, 0.1) is 24.2 Å². The summed E-state index contributed by atoms with van der Waals surface area (Å²) in [6.45, 7) is 5.17. The molecule has 0 N–H and O–H groups in total. The summed E-state index contributed by atoms with van der Waals surface area (Å²) < 4.78 is 11.1. The van der Waals surface area contributed by atoms with Crippen LogP contribution in [-0.4, -0.2) is 48.2 Å². The molecule has 0 radical (unpaired) electrons. The van der Waals surface area contributed by atoms with Gasteiger partial charge in [-0.2, -0.15) is 0 Å². The maximum atomic E-state index is 11.9. The van der Waals surface area contributed by atoms with E-state index >= 15 is 0 Å². The molecular weight excluding hydrogens is 222 g/mol. The van der Waals surface area contributed by atoms with Crippen LogP contribution in [0.2, 0.25) is 0 Å². The van der Waals surface area contributed by atoms with Gasteiger partial charge in [-0.3, -0.25) is 4.79 Å². The zero-order chi connectivity index (χ0) is 12.3. The summed E-state index contributed by atoms with van der Waals surface area (Å²) in [4.78, 5) is 25.1. The Labute approximate surface area is 99.4 Å². The highest BCUT2D eigenvalue weighted by atomic mass is 16.6. The number of ether oxygens (including phenoxy) is 2. The van der Waals surface area contributed by atoms with E-state index in [-0.39, 0.29) is 36.2 Å². The fourth-order valence-electron chi connectivity index (χ4n) is 3.13. The summed E-state index contributed by atoms with van der Waals surface area (Å²) in [7, 11) is 1.75. The first kappa shape index (κ1) is 10.8. The van der Waals surface area contributed by atoms with Crippen molar-refractivity contribution in [2.45, 2.75) is 37.7 Å². The van der Waals surface area contributed by atoms with Crippen LogP contribution in [0.3, 0.4) is 0 Å². The molecule has 0 spiro atoms. The minimum atomic E-state index is -0.407. The first-order valence-electron chi connectivity index (χ1n) is 5.79. The van der Waals surface area contributed by atoms with Gasteiger partial charge in [0.25, 0.3) is 0 Å². The minimum Gasteiger partial charge on any atom is -0.454 e. The summed E-state index contributed by atoms with van der Waals surface area (Å²) in [5.74, 6) is -0.332. The maximum Gasteiger partial charge on any atom is 0.333 e. The first-order valence-corrected chi connectivity index (χ1v) is 5.79. The molecule has 3 saturated heterocycles. The highest BCUT2D eigenvalue weighted by Crippen LogP contribution is 2.48. The third-order valence-corrected chi connectivity index (χ3v) is 3.96. The SMILES string of the molecule is C=C(C)C(=O)OC1C2CC3C(=O)N(C)C1C3O2. The van der Waals surface area contributed by atoms with E-state index in [1.54, 1.807) is 18.9 Å². The molecular formula is C12H15NO4. The van der Waals surface area contributed by atoms with Gasteiger partial charge in [0.1, 0.15) is 0 Å². The van der Waals surface area contributed by atoms with Crippen molar-refractivity contribution in [1.29, 1.82) is 0 Å². The predicted octanol–water partition coefficient (Wildman–Crippen LogP) is 0.102. The van der Waals surface area contributed by atoms with Gasteiger partial charge in [-0.15, -0.1) is 0 Å². The lowest BCUT2D eigenvalue weighted by atomic mass is 9.88. The number of rotatable bonds is 2. The molecule has 5 atom stereocenters. The average Bonchev–Trinajstić information content (AvgIpc) is 2.87. The molecule has 3 heterocycles. The van der Waals surface area contributed by atoms with Crippen molar-refractivity contribution >= 4 is 11.9 Å². The van der Waals surface area contributed by atoms with Crippen LogP contribution in [0.15, 0.2) is 12.2 Å². The fraction of sp³-hybridized carbons (Fsp3) is 0.667. The maximum absolute atomic E-state index is 11.9. The molecule has 1 amide bonds. The lowest BCUT2D eigenvalue weighted by molar-refractivity contribution is -0.149. The largest absolute Gasteiger partial charge is 0.454 e. The molecule has 3 aliphatic rings. The van der Waals surface area contributed by atoms with Gasteiger partial charge in [-0.05, 0) is 13.3 Å². The van der Waals surface area contributed by atoms with Crippen LogP contribution in [0.1, 0.15) is 13.3 Å². The second-order valence-electron chi connectivity index (χ2n) is 5.07. The lowest BCUT2D eigenvalue weighted by Gasteiger charge is -2.27. The van der Waals surface area contributed by atoms with E-state index in [0.29, 0.717) is 12.0 Å².